The first-order chi connectivity index (χ1) is 9.62. The Bertz CT molecular complexity index is 413. The molecule has 0 fully saturated rings. The van der Waals surface area contributed by atoms with Gasteiger partial charge in [0.25, 0.3) is 0 Å². The van der Waals surface area contributed by atoms with Gasteiger partial charge in [0.2, 0.25) is 0 Å². The highest BCUT2D eigenvalue weighted by atomic mass is 15.1. The second-order valence-electron chi connectivity index (χ2n) is 5.46. The van der Waals surface area contributed by atoms with Gasteiger partial charge in [-0.15, -0.1) is 0 Å². The van der Waals surface area contributed by atoms with Crippen molar-refractivity contribution in [1.82, 2.24) is 5.32 Å². The molecule has 0 amide bonds. The Morgan fingerprint density at radius 1 is 1.15 bits per heavy atom. The van der Waals surface area contributed by atoms with Gasteiger partial charge in [-0.05, 0) is 50.4 Å². The number of hydrogen-bond acceptors (Lipinski definition) is 3. The van der Waals surface area contributed by atoms with Crippen LogP contribution in [-0.2, 0) is 0 Å². The molecule has 3 nitrogen and oxygen atoms in total. The average Bonchev–Trinajstić information content (AvgIpc) is 2.45. The van der Waals surface area contributed by atoms with E-state index in [9.17, 15) is 5.26 Å². The van der Waals surface area contributed by atoms with E-state index in [2.05, 4.69) is 68.2 Å². The van der Waals surface area contributed by atoms with E-state index in [0.717, 1.165) is 31.6 Å². The van der Waals surface area contributed by atoms with Gasteiger partial charge in [0.1, 0.15) is 6.04 Å². The van der Waals surface area contributed by atoms with Crippen molar-refractivity contribution in [2.24, 2.45) is 5.92 Å². The summed E-state index contributed by atoms with van der Waals surface area (Å²) >= 11 is 0. The fourth-order valence-corrected chi connectivity index (χ4v) is 2.22. The molecule has 1 N–H and O–H groups in total. The normalized spacial score (nSPS) is 12.2. The van der Waals surface area contributed by atoms with E-state index in [4.69, 9.17) is 0 Å². The van der Waals surface area contributed by atoms with Crippen LogP contribution in [0.1, 0.15) is 45.7 Å². The third-order valence-electron chi connectivity index (χ3n) is 3.55. The van der Waals surface area contributed by atoms with Gasteiger partial charge in [0.05, 0.1) is 6.07 Å². The summed E-state index contributed by atoms with van der Waals surface area (Å²) in [5.74, 6) is 0.659. The van der Waals surface area contributed by atoms with E-state index in [1.807, 2.05) is 0 Å². The van der Waals surface area contributed by atoms with Gasteiger partial charge in [-0.1, -0.05) is 26.0 Å². The summed E-state index contributed by atoms with van der Waals surface area (Å²) in [6.45, 7) is 11.6. The van der Waals surface area contributed by atoms with Crippen molar-refractivity contribution in [1.29, 1.82) is 5.26 Å². The van der Waals surface area contributed by atoms with Crippen molar-refractivity contribution in [2.45, 2.75) is 40.2 Å². The third kappa shape index (κ3) is 4.86. The van der Waals surface area contributed by atoms with Gasteiger partial charge in [-0.2, -0.15) is 5.26 Å². The van der Waals surface area contributed by atoms with Gasteiger partial charge in [-0.3, -0.25) is 5.32 Å². The van der Waals surface area contributed by atoms with Crippen LogP contribution in [0.5, 0.6) is 0 Å². The quantitative estimate of drug-likeness (QED) is 0.784. The van der Waals surface area contributed by atoms with Crippen LogP contribution in [0.15, 0.2) is 24.3 Å². The van der Waals surface area contributed by atoms with Crippen LogP contribution in [-0.4, -0.2) is 19.6 Å². The molecular formula is C17H27N3. The lowest BCUT2D eigenvalue weighted by Gasteiger charge is -2.21. The molecule has 0 aliphatic heterocycles. The fourth-order valence-electron chi connectivity index (χ4n) is 2.22. The van der Waals surface area contributed by atoms with Crippen LogP contribution in [0, 0.1) is 17.2 Å². The molecule has 110 valence electrons. The summed E-state index contributed by atoms with van der Waals surface area (Å²) in [5, 5.41) is 12.6. The maximum Gasteiger partial charge on any atom is 0.121 e. The highest BCUT2D eigenvalue weighted by Gasteiger charge is 2.10. The standard InChI is InChI=1S/C17H27N3/c1-5-20(6-2)16-9-7-15(8-10-16)17(13-18)19-12-11-14(3)4/h7-10,14,17,19H,5-6,11-12H2,1-4H3. The number of rotatable bonds is 8. The lowest BCUT2D eigenvalue weighted by atomic mass is 10.1. The topological polar surface area (TPSA) is 39.1 Å². The van der Waals surface area contributed by atoms with Crippen molar-refractivity contribution in [3.05, 3.63) is 29.8 Å². The lowest BCUT2D eigenvalue weighted by molar-refractivity contribution is 0.519. The van der Waals surface area contributed by atoms with E-state index in [0.29, 0.717) is 5.92 Å². The van der Waals surface area contributed by atoms with Crippen LogP contribution in [0.3, 0.4) is 0 Å². The zero-order valence-corrected chi connectivity index (χ0v) is 13.2. The minimum atomic E-state index is -0.209. The average molecular weight is 273 g/mol. The van der Waals surface area contributed by atoms with Crippen molar-refractivity contribution in [3.8, 4) is 6.07 Å². The highest BCUT2D eigenvalue weighted by molar-refractivity contribution is 5.48. The Hall–Kier alpha value is -1.53. The molecule has 0 aliphatic rings. The third-order valence-corrected chi connectivity index (χ3v) is 3.55. The number of nitriles is 1. The number of nitrogens with one attached hydrogen (secondary N) is 1. The molecule has 0 radical (unpaired) electrons. The molecular weight excluding hydrogens is 246 g/mol. The predicted octanol–water partition coefficient (Wildman–Crippen LogP) is 3.73. The molecule has 1 rings (SSSR count). The molecule has 20 heavy (non-hydrogen) atoms. The minimum Gasteiger partial charge on any atom is -0.372 e. The van der Waals surface area contributed by atoms with E-state index in [1.165, 1.54) is 5.69 Å². The first kappa shape index (κ1) is 16.5. The minimum absolute atomic E-state index is 0.209. The molecule has 0 saturated carbocycles. The van der Waals surface area contributed by atoms with Gasteiger partial charge in [-0.25, -0.2) is 0 Å². The highest BCUT2D eigenvalue weighted by Crippen LogP contribution is 2.19. The zero-order chi connectivity index (χ0) is 15.0. The second-order valence-corrected chi connectivity index (χ2v) is 5.46. The Balaban J connectivity index is 2.67. The summed E-state index contributed by atoms with van der Waals surface area (Å²) in [6, 6.07) is 10.5. The molecule has 1 aromatic rings. The molecule has 3 heteroatoms. The van der Waals surface area contributed by atoms with Crippen molar-refractivity contribution in [3.63, 3.8) is 0 Å². The molecule has 1 atom stereocenters. The van der Waals surface area contributed by atoms with E-state index in [1.54, 1.807) is 0 Å². The van der Waals surface area contributed by atoms with Crippen LogP contribution in [0.25, 0.3) is 0 Å². The van der Waals surface area contributed by atoms with E-state index in [-0.39, 0.29) is 6.04 Å². The second kappa shape index (κ2) is 8.60. The zero-order valence-electron chi connectivity index (χ0n) is 13.2. The van der Waals surface area contributed by atoms with Crippen molar-refractivity contribution < 1.29 is 0 Å². The summed E-state index contributed by atoms with van der Waals surface area (Å²) in [7, 11) is 0. The lowest BCUT2D eigenvalue weighted by Crippen LogP contribution is -2.23. The molecule has 1 aromatic carbocycles. The monoisotopic (exact) mass is 273 g/mol. The van der Waals surface area contributed by atoms with Gasteiger partial charge < -0.3 is 4.90 Å². The number of nitrogens with zero attached hydrogens (tertiary/aromatic N) is 2. The predicted molar refractivity (Wildman–Crippen MR) is 85.8 cm³/mol. The SMILES string of the molecule is CCN(CC)c1ccc(C(C#N)NCCC(C)C)cc1. The van der Waals surface area contributed by atoms with Crippen LogP contribution in [0.4, 0.5) is 5.69 Å². The summed E-state index contributed by atoms with van der Waals surface area (Å²) in [6.07, 6.45) is 1.09. The molecule has 0 saturated heterocycles. The number of benzene rings is 1. The number of hydrogen-bond donors (Lipinski definition) is 1. The Kier molecular flexibility index (Phi) is 7.11. The fraction of sp³-hybridized carbons (Fsp3) is 0.588. The van der Waals surface area contributed by atoms with Crippen LogP contribution >= 0.6 is 0 Å². The van der Waals surface area contributed by atoms with Gasteiger partial charge >= 0.3 is 0 Å². The first-order valence-electron chi connectivity index (χ1n) is 7.60. The van der Waals surface area contributed by atoms with Crippen molar-refractivity contribution >= 4 is 5.69 Å². The maximum atomic E-state index is 9.29. The van der Waals surface area contributed by atoms with Crippen LogP contribution in [0.2, 0.25) is 0 Å². The Labute approximate surface area is 123 Å². The molecule has 0 aromatic heterocycles. The molecule has 1 unspecified atom stereocenters. The first-order valence-corrected chi connectivity index (χ1v) is 7.60. The number of anilines is 1. The molecule has 0 bridgehead atoms. The summed E-state index contributed by atoms with van der Waals surface area (Å²) in [4.78, 5) is 2.30. The largest absolute Gasteiger partial charge is 0.372 e. The Morgan fingerprint density at radius 3 is 2.20 bits per heavy atom. The smallest absolute Gasteiger partial charge is 0.121 e. The maximum absolute atomic E-state index is 9.29. The van der Waals surface area contributed by atoms with Crippen molar-refractivity contribution in [2.75, 3.05) is 24.5 Å². The van der Waals surface area contributed by atoms with Crippen LogP contribution < -0.4 is 10.2 Å². The van der Waals surface area contributed by atoms with Gasteiger partial charge in [0, 0.05) is 18.8 Å². The molecule has 0 heterocycles. The van der Waals surface area contributed by atoms with Gasteiger partial charge in [0.15, 0.2) is 0 Å². The summed E-state index contributed by atoms with van der Waals surface area (Å²) < 4.78 is 0. The molecule has 0 aliphatic carbocycles. The summed E-state index contributed by atoms with van der Waals surface area (Å²) in [5.41, 5.74) is 2.27. The van der Waals surface area contributed by atoms with E-state index < -0.39 is 0 Å². The molecule has 0 spiro atoms. The van der Waals surface area contributed by atoms with E-state index >= 15 is 0 Å². The Morgan fingerprint density at radius 2 is 1.75 bits per heavy atom.